The van der Waals surface area contributed by atoms with E-state index < -0.39 is 0 Å². The number of rotatable bonds is 3. The number of ether oxygens (including phenoxy) is 1. The summed E-state index contributed by atoms with van der Waals surface area (Å²) >= 11 is 3.47. The van der Waals surface area contributed by atoms with E-state index in [1.165, 1.54) is 0 Å². The topological polar surface area (TPSA) is 38.2 Å². The first-order valence-corrected chi connectivity index (χ1v) is 7.31. The quantitative estimate of drug-likeness (QED) is 0.804. The highest BCUT2D eigenvalue weighted by Gasteiger charge is 2.23. The molecule has 1 aliphatic rings. The third kappa shape index (κ3) is 3.42. The zero-order valence-corrected chi connectivity index (χ0v) is 12.8. The number of aryl methyl sites for hydroxylation is 1. The molecule has 0 saturated carbocycles. The standard InChI is InChI=1S/C13H20BrN3O/c1-4-5-12-15-11(14)6-13(16-12)17-7-9(2)18-10(3)8-17/h6,9-10H,4-5,7-8H2,1-3H3/t9-,10+. The number of morpholine rings is 1. The first kappa shape index (κ1) is 13.7. The molecular weight excluding hydrogens is 294 g/mol. The Bertz CT molecular complexity index is 403. The minimum Gasteiger partial charge on any atom is -0.372 e. The molecule has 1 aliphatic heterocycles. The normalized spacial score (nSPS) is 24.3. The molecule has 0 N–H and O–H groups in total. The monoisotopic (exact) mass is 313 g/mol. The minimum atomic E-state index is 0.247. The van der Waals surface area contributed by atoms with E-state index in [9.17, 15) is 0 Å². The number of aromatic nitrogens is 2. The van der Waals surface area contributed by atoms with Crippen LogP contribution in [0.25, 0.3) is 0 Å². The van der Waals surface area contributed by atoms with Crippen molar-refractivity contribution in [2.45, 2.75) is 45.8 Å². The summed E-state index contributed by atoms with van der Waals surface area (Å²) in [5.41, 5.74) is 0. The number of anilines is 1. The fraction of sp³-hybridized carbons (Fsp3) is 0.692. The Hall–Kier alpha value is -0.680. The van der Waals surface area contributed by atoms with Gasteiger partial charge in [-0.1, -0.05) is 6.92 Å². The van der Waals surface area contributed by atoms with Crippen LogP contribution in [0, 0.1) is 0 Å². The predicted octanol–water partition coefficient (Wildman–Crippen LogP) is 2.81. The molecule has 5 heteroatoms. The van der Waals surface area contributed by atoms with Crippen molar-refractivity contribution in [2.24, 2.45) is 0 Å². The van der Waals surface area contributed by atoms with E-state index in [1.807, 2.05) is 6.07 Å². The summed E-state index contributed by atoms with van der Waals surface area (Å²) in [6, 6.07) is 1.99. The van der Waals surface area contributed by atoms with Gasteiger partial charge in [-0.25, -0.2) is 9.97 Å². The van der Waals surface area contributed by atoms with Crippen LogP contribution in [-0.4, -0.2) is 35.3 Å². The number of nitrogens with zero attached hydrogens (tertiary/aromatic N) is 3. The highest BCUT2D eigenvalue weighted by Crippen LogP contribution is 2.21. The molecule has 0 aliphatic carbocycles. The number of hydrogen-bond donors (Lipinski definition) is 0. The van der Waals surface area contributed by atoms with Crippen molar-refractivity contribution >= 4 is 21.7 Å². The van der Waals surface area contributed by atoms with Gasteiger partial charge in [0, 0.05) is 25.6 Å². The average Bonchev–Trinajstić information content (AvgIpc) is 2.27. The molecule has 100 valence electrons. The molecule has 0 bridgehead atoms. The Morgan fingerprint density at radius 3 is 2.61 bits per heavy atom. The van der Waals surface area contributed by atoms with Crippen LogP contribution in [0.2, 0.25) is 0 Å². The molecule has 2 heterocycles. The van der Waals surface area contributed by atoms with E-state index in [2.05, 4.69) is 51.6 Å². The van der Waals surface area contributed by atoms with Gasteiger partial charge in [0.25, 0.3) is 0 Å². The highest BCUT2D eigenvalue weighted by atomic mass is 79.9. The van der Waals surface area contributed by atoms with Gasteiger partial charge in [0.15, 0.2) is 0 Å². The molecule has 0 aromatic carbocycles. The van der Waals surface area contributed by atoms with Gasteiger partial charge in [0.1, 0.15) is 16.2 Å². The molecule has 2 atom stereocenters. The molecule has 0 unspecified atom stereocenters. The van der Waals surface area contributed by atoms with Crippen LogP contribution in [0.4, 0.5) is 5.82 Å². The van der Waals surface area contributed by atoms with Crippen molar-refractivity contribution in [1.29, 1.82) is 0 Å². The van der Waals surface area contributed by atoms with Crippen LogP contribution in [0.15, 0.2) is 10.7 Å². The van der Waals surface area contributed by atoms with Crippen molar-refractivity contribution in [3.63, 3.8) is 0 Å². The average molecular weight is 314 g/mol. The molecule has 18 heavy (non-hydrogen) atoms. The lowest BCUT2D eigenvalue weighted by atomic mass is 10.2. The van der Waals surface area contributed by atoms with Crippen molar-refractivity contribution in [2.75, 3.05) is 18.0 Å². The highest BCUT2D eigenvalue weighted by molar-refractivity contribution is 9.10. The molecule has 0 spiro atoms. The van der Waals surface area contributed by atoms with E-state index in [-0.39, 0.29) is 12.2 Å². The maximum atomic E-state index is 5.75. The second kappa shape index (κ2) is 5.97. The number of halogens is 1. The van der Waals surface area contributed by atoms with Gasteiger partial charge in [-0.3, -0.25) is 0 Å². The third-order valence-corrected chi connectivity index (χ3v) is 3.35. The van der Waals surface area contributed by atoms with Crippen molar-refractivity contribution < 1.29 is 4.74 Å². The van der Waals surface area contributed by atoms with E-state index >= 15 is 0 Å². The molecule has 0 amide bonds. The summed E-state index contributed by atoms with van der Waals surface area (Å²) in [5.74, 6) is 1.91. The lowest BCUT2D eigenvalue weighted by molar-refractivity contribution is -0.00548. The van der Waals surface area contributed by atoms with Crippen LogP contribution < -0.4 is 4.90 Å². The lowest BCUT2D eigenvalue weighted by Crippen LogP contribution is -2.46. The fourth-order valence-electron chi connectivity index (χ4n) is 2.31. The van der Waals surface area contributed by atoms with Gasteiger partial charge in [-0.05, 0) is 36.2 Å². The van der Waals surface area contributed by atoms with E-state index in [1.54, 1.807) is 0 Å². The SMILES string of the molecule is CCCc1nc(Br)cc(N2C[C@@H](C)O[C@@H](C)C2)n1. The smallest absolute Gasteiger partial charge is 0.133 e. The van der Waals surface area contributed by atoms with Crippen LogP contribution in [0.1, 0.15) is 33.0 Å². The second-order valence-corrected chi connectivity index (χ2v) is 5.69. The van der Waals surface area contributed by atoms with Crippen LogP contribution in [0.3, 0.4) is 0 Å². The molecule has 1 saturated heterocycles. The zero-order chi connectivity index (χ0) is 13.1. The van der Waals surface area contributed by atoms with Crippen molar-refractivity contribution in [3.8, 4) is 0 Å². The first-order valence-electron chi connectivity index (χ1n) is 6.52. The largest absolute Gasteiger partial charge is 0.372 e. The van der Waals surface area contributed by atoms with Gasteiger partial charge >= 0.3 is 0 Å². The van der Waals surface area contributed by atoms with Crippen molar-refractivity contribution in [1.82, 2.24) is 9.97 Å². The Labute approximate surface area is 117 Å². The minimum absolute atomic E-state index is 0.247. The molecule has 4 nitrogen and oxygen atoms in total. The Kier molecular flexibility index (Phi) is 4.56. The summed E-state index contributed by atoms with van der Waals surface area (Å²) in [4.78, 5) is 11.3. The predicted molar refractivity (Wildman–Crippen MR) is 75.9 cm³/mol. The lowest BCUT2D eigenvalue weighted by Gasteiger charge is -2.36. The second-order valence-electron chi connectivity index (χ2n) is 4.88. The Morgan fingerprint density at radius 1 is 1.33 bits per heavy atom. The Morgan fingerprint density at radius 2 is 2.00 bits per heavy atom. The first-order chi connectivity index (χ1) is 8.58. The van der Waals surface area contributed by atoms with Gasteiger partial charge in [0.05, 0.1) is 12.2 Å². The summed E-state index contributed by atoms with van der Waals surface area (Å²) < 4.78 is 6.61. The van der Waals surface area contributed by atoms with Crippen molar-refractivity contribution in [3.05, 3.63) is 16.5 Å². The van der Waals surface area contributed by atoms with E-state index in [0.717, 1.165) is 42.2 Å². The van der Waals surface area contributed by atoms with Crippen LogP contribution >= 0.6 is 15.9 Å². The summed E-state index contributed by atoms with van der Waals surface area (Å²) in [5, 5.41) is 0. The van der Waals surface area contributed by atoms with E-state index in [4.69, 9.17) is 4.74 Å². The van der Waals surface area contributed by atoms with Gasteiger partial charge < -0.3 is 9.64 Å². The maximum absolute atomic E-state index is 5.75. The van der Waals surface area contributed by atoms with Gasteiger partial charge in [0.2, 0.25) is 0 Å². The van der Waals surface area contributed by atoms with Gasteiger partial charge in [-0.2, -0.15) is 0 Å². The molecule has 0 radical (unpaired) electrons. The Balaban J connectivity index is 2.21. The third-order valence-electron chi connectivity index (χ3n) is 2.94. The summed E-state index contributed by atoms with van der Waals surface area (Å²) in [6.45, 7) is 8.12. The summed E-state index contributed by atoms with van der Waals surface area (Å²) in [6.07, 6.45) is 2.47. The molecular formula is C13H20BrN3O. The zero-order valence-electron chi connectivity index (χ0n) is 11.2. The van der Waals surface area contributed by atoms with E-state index in [0.29, 0.717) is 0 Å². The van der Waals surface area contributed by atoms with Crippen LogP contribution in [0.5, 0.6) is 0 Å². The summed E-state index contributed by atoms with van der Waals surface area (Å²) in [7, 11) is 0. The maximum Gasteiger partial charge on any atom is 0.133 e. The fourth-order valence-corrected chi connectivity index (χ4v) is 2.72. The van der Waals surface area contributed by atoms with Crippen LogP contribution in [-0.2, 0) is 11.2 Å². The molecule has 1 fully saturated rings. The van der Waals surface area contributed by atoms with Gasteiger partial charge in [-0.15, -0.1) is 0 Å². The molecule has 2 rings (SSSR count). The molecule has 1 aromatic rings. The number of hydrogen-bond acceptors (Lipinski definition) is 4. The molecule has 1 aromatic heterocycles.